The van der Waals surface area contributed by atoms with Crippen molar-refractivity contribution in [1.29, 1.82) is 0 Å². The lowest BCUT2D eigenvalue weighted by atomic mass is 9.81. The molecule has 7 nitrogen and oxygen atoms in total. The van der Waals surface area contributed by atoms with Crippen LogP contribution >= 0.6 is 0 Å². The second-order valence-corrected chi connectivity index (χ2v) is 11.0. The quantitative estimate of drug-likeness (QED) is 0.776. The highest BCUT2D eigenvalue weighted by Gasteiger charge is 2.43. The van der Waals surface area contributed by atoms with Gasteiger partial charge in [-0.15, -0.1) is 0 Å². The number of fused-ring (bicyclic) bond motifs is 1. The van der Waals surface area contributed by atoms with Gasteiger partial charge < -0.3 is 14.8 Å². The van der Waals surface area contributed by atoms with E-state index >= 15 is 0 Å². The van der Waals surface area contributed by atoms with Crippen LogP contribution in [0.2, 0.25) is 0 Å². The van der Waals surface area contributed by atoms with E-state index in [1.54, 1.807) is 6.33 Å². The molecule has 0 bridgehead atoms. The van der Waals surface area contributed by atoms with Crippen molar-refractivity contribution in [3.8, 4) is 0 Å². The number of aromatic nitrogens is 3. The zero-order valence-corrected chi connectivity index (χ0v) is 16.5. The molecular weight excluding hydrogens is 362 g/mol. The summed E-state index contributed by atoms with van der Waals surface area (Å²) < 4.78 is 25.4. The van der Waals surface area contributed by atoms with Gasteiger partial charge in [0.25, 0.3) is 0 Å². The Morgan fingerprint density at radius 3 is 2.74 bits per heavy atom. The van der Waals surface area contributed by atoms with E-state index in [0.717, 1.165) is 55.2 Å². The highest BCUT2D eigenvalue weighted by Crippen LogP contribution is 2.37. The minimum atomic E-state index is -2.96. The first-order chi connectivity index (χ1) is 13.0. The van der Waals surface area contributed by atoms with E-state index in [2.05, 4.69) is 24.8 Å². The maximum Gasteiger partial charge on any atom is 0.155 e. The Kier molecular flexibility index (Phi) is 4.16. The van der Waals surface area contributed by atoms with Crippen LogP contribution in [0.15, 0.2) is 18.6 Å². The SMILES string of the molecule is CN(c1ncnc2[nH]ccc12)[C@H]1C[C@@H](CS(=O)(=O)C2CN(CC3CC3)C2)C1. The number of H-pyrrole nitrogens is 1. The molecule has 146 valence electrons. The summed E-state index contributed by atoms with van der Waals surface area (Å²) >= 11 is 0. The fraction of sp³-hybridized carbons (Fsp3) is 0.684. The van der Waals surface area contributed by atoms with E-state index < -0.39 is 9.84 Å². The molecule has 0 aromatic carbocycles. The Morgan fingerprint density at radius 1 is 1.22 bits per heavy atom. The summed E-state index contributed by atoms with van der Waals surface area (Å²) in [5, 5.41) is 0.885. The minimum absolute atomic E-state index is 0.130. The summed E-state index contributed by atoms with van der Waals surface area (Å²) in [7, 11) is -0.915. The predicted molar refractivity (Wildman–Crippen MR) is 106 cm³/mol. The monoisotopic (exact) mass is 389 g/mol. The van der Waals surface area contributed by atoms with Gasteiger partial charge in [0, 0.05) is 38.9 Å². The Morgan fingerprint density at radius 2 is 2.00 bits per heavy atom. The largest absolute Gasteiger partial charge is 0.356 e. The second-order valence-electron chi connectivity index (χ2n) is 8.65. The van der Waals surface area contributed by atoms with E-state index in [0.29, 0.717) is 11.8 Å². The van der Waals surface area contributed by atoms with Gasteiger partial charge in [-0.2, -0.15) is 0 Å². The van der Waals surface area contributed by atoms with Gasteiger partial charge in [0.15, 0.2) is 9.84 Å². The molecule has 5 rings (SSSR count). The molecule has 0 spiro atoms. The maximum absolute atomic E-state index is 12.7. The number of sulfone groups is 1. The Balaban J connectivity index is 1.14. The first kappa shape index (κ1) is 17.4. The Hall–Kier alpha value is -1.67. The van der Waals surface area contributed by atoms with Crippen molar-refractivity contribution in [2.24, 2.45) is 11.8 Å². The zero-order valence-electron chi connectivity index (χ0n) is 15.7. The summed E-state index contributed by atoms with van der Waals surface area (Å²) in [6, 6.07) is 2.34. The van der Waals surface area contributed by atoms with Crippen LogP contribution in [0, 0.1) is 11.8 Å². The van der Waals surface area contributed by atoms with Crippen LogP contribution in [-0.4, -0.2) is 72.0 Å². The normalized spacial score (nSPS) is 26.7. The first-order valence-electron chi connectivity index (χ1n) is 9.94. The number of aromatic amines is 1. The lowest BCUT2D eigenvalue weighted by molar-refractivity contribution is 0.175. The Labute approximate surface area is 160 Å². The summed E-state index contributed by atoms with van der Waals surface area (Å²) in [5.41, 5.74) is 0.839. The summed E-state index contributed by atoms with van der Waals surface area (Å²) in [5.74, 6) is 2.39. The molecule has 1 N–H and O–H groups in total. The third-order valence-electron chi connectivity index (χ3n) is 6.54. The van der Waals surface area contributed by atoms with Crippen LogP contribution in [0.1, 0.15) is 25.7 Å². The van der Waals surface area contributed by atoms with Gasteiger partial charge in [0.2, 0.25) is 0 Å². The Bertz CT molecular complexity index is 926. The van der Waals surface area contributed by atoms with Crippen molar-refractivity contribution in [1.82, 2.24) is 19.9 Å². The average Bonchev–Trinajstić information content (AvgIpc) is 3.26. The number of rotatable bonds is 7. The second kappa shape index (κ2) is 6.44. The molecule has 27 heavy (non-hydrogen) atoms. The molecule has 0 unspecified atom stereocenters. The summed E-state index contributed by atoms with van der Waals surface area (Å²) in [6.45, 7) is 2.61. The zero-order chi connectivity index (χ0) is 18.6. The lowest BCUT2D eigenvalue weighted by Gasteiger charge is -2.44. The molecule has 1 saturated heterocycles. The molecule has 0 atom stereocenters. The first-order valence-corrected chi connectivity index (χ1v) is 11.7. The number of nitrogens with zero attached hydrogens (tertiary/aromatic N) is 4. The van der Waals surface area contributed by atoms with Crippen LogP contribution in [0.4, 0.5) is 5.82 Å². The van der Waals surface area contributed by atoms with Gasteiger partial charge in [-0.25, -0.2) is 18.4 Å². The number of hydrogen-bond donors (Lipinski definition) is 1. The van der Waals surface area contributed by atoms with Crippen LogP contribution < -0.4 is 4.90 Å². The smallest absolute Gasteiger partial charge is 0.155 e. The topological polar surface area (TPSA) is 82.2 Å². The van der Waals surface area contributed by atoms with E-state index in [4.69, 9.17) is 0 Å². The van der Waals surface area contributed by atoms with Crippen molar-refractivity contribution in [3.63, 3.8) is 0 Å². The summed E-state index contributed by atoms with van der Waals surface area (Å²) in [4.78, 5) is 16.3. The molecule has 1 aliphatic heterocycles. The predicted octanol–water partition coefficient (Wildman–Crippen LogP) is 1.68. The molecule has 3 aliphatic rings. The standard InChI is InChI=1S/C19H27N5O2S/c1-23(19-17-4-5-20-18(17)21-12-22-19)15-6-14(7-15)11-27(25,26)16-9-24(10-16)8-13-2-3-13/h4-5,12-16H,2-3,6-11H2,1H3,(H,20,21,22)/t14-,15+. The van der Waals surface area contributed by atoms with E-state index in [9.17, 15) is 8.42 Å². The van der Waals surface area contributed by atoms with Gasteiger partial charge in [-0.3, -0.25) is 0 Å². The molecule has 0 radical (unpaired) electrons. The summed E-state index contributed by atoms with van der Waals surface area (Å²) in [6.07, 6.45) is 7.94. The van der Waals surface area contributed by atoms with E-state index in [1.807, 2.05) is 19.3 Å². The molecule has 2 aliphatic carbocycles. The van der Waals surface area contributed by atoms with Crippen molar-refractivity contribution >= 4 is 26.7 Å². The molecular formula is C19H27N5O2S. The lowest BCUT2D eigenvalue weighted by Crippen LogP contribution is -2.56. The molecule has 8 heteroatoms. The van der Waals surface area contributed by atoms with Crippen LogP contribution in [0.3, 0.4) is 0 Å². The molecule has 0 amide bonds. The van der Waals surface area contributed by atoms with E-state index in [1.165, 1.54) is 12.8 Å². The third-order valence-corrected chi connectivity index (χ3v) is 8.79. The minimum Gasteiger partial charge on any atom is -0.356 e. The van der Waals surface area contributed by atoms with Crippen molar-refractivity contribution in [2.45, 2.75) is 37.0 Å². The van der Waals surface area contributed by atoms with Crippen molar-refractivity contribution in [2.75, 3.05) is 37.3 Å². The van der Waals surface area contributed by atoms with Gasteiger partial charge >= 0.3 is 0 Å². The van der Waals surface area contributed by atoms with Gasteiger partial charge in [-0.05, 0) is 43.6 Å². The molecule has 2 saturated carbocycles. The highest BCUT2D eigenvalue weighted by atomic mass is 32.2. The molecule has 2 aromatic rings. The average molecular weight is 390 g/mol. The van der Waals surface area contributed by atoms with Crippen molar-refractivity contribution in [3.05, 3.63) is 18.6 Å². The van der Waals surface area contributed by atoms with Crippen LogP contribution in [-0.2, 0) is 9.84 Å². The van der Waals surface area contributed by atoms with Gasteiger partial charge in [0.1, 0.15) is 17.8 Å². The van der Waals surface area contributed by atoms with E-state index in [-0.39, 0.29) is 11.2 Å². The van der Waals surface area contributed by atoms with Gasteiger partial charge in [0.05, 0.1) is 16.4 Å². The van der Waals surface area contributed by atoms with Crippen LogP contribution in [0.25, 0.3) is 11.0 Å². The number of anilines is 1. The highest BCUT2D eigenvalue weighted by molar-refractivity contribution is 7.92. The van der Waals surface area contributed by atoms with Crippen LogP contribution in [0.5, 0.6) is 0 Å². The molecule has 2 aromatic heterocycles. The third kappa shape index (κ3) is 3.33. The number of likely N-dealkylation sites (tertiary alicyclic amines) is 1. The molecule has 3 fully saturated rings. The fourth-order valence-electron chi connectivity index (χ4n) is 4.49. The van der Waals surface area contributed by atoms with Gasteiger partial charge in [-0.1, -0.05) is 0 Å². The number of nitrogens with one attached hydrogen (secondary N) is 1. The maximum atomic E-state index is 12.7. The fourth-order valence-corrected chi connectivity index (χ4v) is 6.57. The number of hydrogen-bond acceptors (Lipinski definition) is 6. The molecule has 3 heterocycles. The van der Waals surface area contributed by atoms with Crippen molar-refractivity contribution < 1.29 is 8.42 Å².